The van der Waals surface area contributed by atoms with Crippen molar-refractivity contribution in [2.75, 3.05) is 7.05 Å². The summed E-state index contributed by atoms with van der Waals surface area (Å²) in [5.41, 5.74) is 0. The summed E-state index contributed by atoms with van der Waals surface area (Å²) < 4.78 is 0. The molecule has 1 N–H and O–H groups in total. The summed E-state index contributed by atoms with van der Waals surface area (Å²) in [6.45, 7) is 0. The van der Waals surface area contributed by atoms with E-state index in [9.17, 15) is 0 Å². The molecule has 0 bridgehead atoms. The van der Waals surface area contributed by atoms with E-state index < -0.39 is 0 Å². The molecule has 100 valence electrons. The lowest BCUT2D eigenvalue weighted by Gasteiger charge is -2.46. The minimum absolute atomic E-state index is 0.708. The Hall–Kier alpha value is -0.340. The van der Waals surface area contributed by atoms with Gasteiger partial charge in [0.2, 0.25) is 0 Å². The van der Waals surface area contributed by atoms with E-state index in [2.05, 4.69) is 29.9 Å². The molecule has 2 saturated carbocycles. The van der Waals surface area contributed by atoms with Crippen molar-refractivity contribution in [1.82, 2.24) is 5.32 Å². The molecule has 18 heavy (non-hydrogen) atoms. The van der Waals surface area contributed by atoms with Crippen molar-refractivity contribution in [2.24, 2.45) is 17.8 Å². The van der Waals surface area contributed by atoms with Crippen molar-refractivity contribution >= 4 is 11.3 Å². The molecule has 0 aliphatic heterocycles. The number of rotatable bonds is 6. The van der Waals surface area contributed by atoms with Crippen LogP contribution in [0.2, 0.25) is 0 Å². The Morgan fingerprint density at radius 1 is 1.22 bits per heavy atom. The third kappa shape index (κ3) is 2.50. The molecular formula is C16H25NS. The molecule has 1 atom stereocenters. The molecule has 1 unspecified atom stereocenters. The monoisotopic (exact) mass is 263 g/mol. The van der Waals surface area contributed by atoms with Gasteiger partial charge in [0, 0.05) is 10.9 Å². The lowest BCUT2D eigenvalue weighted by atomic mass is 9.61. The summed E-state index contributed by atoms with van der Waals surface area (Å²) in [6, 6.07) is 5.20. The second kappa shape index (κ2) is 5.75. The van der Waals surface area contributed by atoms with Crippen LogP contribution < -0.4 is 5.32 Å². The van der Waals surface area contributed by atoms with E-state index in [-0.39, 0.29) is 0 Å². The normalized spacial score (nSPS) is 22.8. The van der Waals surface area contributed by atoms with Gasteiger partial charge in [0.05, 0.1) is 0 Å². The van der Waals surface area contributed by atoms with Crippen LogP contribution in [-0.4, -0.2) is 13.1 Å². The minimum Gasteiger partial charge on any atom is -0.316 e. The fraction of sp³-hybridized carbons (Fsp3) is 0.750. The fourth-order valence-electron chi connectivity index (χ4n) is 3.77. The van der Waals surface area contributed by atoms with Crippen LogP contribution in [0.1, 0.15) is 43.4 Å². The summed E-state index contributed by atoms with van der Waals surface area (Å²) >= 11 is 1.92. The van der Waals surface area contributed by atoms with Gasteiger partial charge in [-0.2, -0.15) is 0 Å². The number of nitrogens with one attached hydrogen (secondary N) is 1. The van der Waals surface area contributed by atoms with E-state index in [0.717, 1.165) is 17.8 Å². The third-order valence-electron chi connectivity index (χ3n) is 5.22. The molecule has 2 fully saturated rings. The van der Waals surface area contributed by atoms with E-state index in [0.29, 0.717) is 6.04 Å². The number of hydrogen-bond donors (Lipinski definition) is 1. The van der Waals surface area contributed by atoms with Crippen molar-refractivity contribution < 1.29 is 0 Å². The smallest absolute Gasteiger partial charge is 0.0146 e. The summed E-state index contributed by atoms with van der Waals surface area (Å²) in [5.74, 6) is 2.99. The van der Waals surface area contributed by atoms with E-state index in [4.69, 9.17) is 0 Å². The first-order valence-corrected chi connectivity index (χ1v) is 8.46. The van der Waals surface area contributed by atoms with E-state index >= 15 is 0 Å². The van der Waals surface area contributed by atoms with Gasteiger partial charge in [0.25, 0.3) is 0 Å². The van der Waals surface area contributed by atoms with Crippen molar-refractivity contribution in [1.29, 1.82) is 0 Å². The van der Waals surface area contributed by atoms with E-state index in [1.165, 1.54) is 44.9 Å². The summed E-state index contributed by atoms with van der Waals surface area (Å²) in [7, 11) is 2.17. The molecule has 0 saturated heterocycles. The molecule has 1 nitrogen and oxygen atoms in total. The Balaban J connectivity index is 1.69. The highest BCUT2D eigenvalue weighted by Crippen LogP contribution is 2.46. The van der Waals surface area contributed by atoms with Crippen molar-refractivity contribution in [3.63, 3.8) is 0 Å². The number of hydrogen-bond acceptors (Lipinski definition) is 2. The molecule has 1 aromatic heterocycles. The van der Waals surface area contributed by atoms with Crippen LogP contribution in [0.5, 0.6) is 0 Å². The fourth-order valence-corrected chi connectivity index (χ4v) is 4.53. The molecule has 1 aromatic rings. The molecule has 3 rings (SSSR count). The van der Waals surface area contributed by atoms with Gasteiger partial charge < -0.3 is 5.32 Å². The minimum atomic E-state index is 0.708. The third-order valence-corrected chi connectivity index (χ3v) is 6.12. The molecule has 2 aliphatic rings. The lowest BCUT2D eigenvalue weighted by Crippen LogP contribution is -2.46. The molecular weight excluding hydrogens is 238 g/mol. The average molecular weight is 263 g/mol. The van der Waals surface area contributed by atoms with Gasteiger partial charge in [-0.25, -0.2) is 0 Å². The van der Waals surface area contributed by atoms with Crippen LogP contribution in [-0.2, 0) is 6.42 Å². The van der Waals surface area contributed by atoms with Crippen molar-refractivity contribution in [3.8, 4) is 0 Å². The van der Waals surface area contributed by atoms with Crippen LogP contribution in [0, 0.1) is 17.8 Å². The SMILES string of the molecule is CNC(Cc1cccs1)C(C1CCC1)C1CCC1. The Morgan fingerprint density at radius 3 is 2.28 bits per heavy atom. The van der Waals surface area contributed by atoms with Crippen molar-refractivity contribution in [2.45, 2.75) is 51.0 Å². The Labute approximate surface area is 115 Å². The first kappa shape index (κ1) is 12.7. The summed E-state index contributed by atoms with van der Waals surface area (Å²) in [4.78, 5) is 1.55. The van der Waals surface area contributed by atoms with Gasteiger partial charge in [0.1, 0.15) is 0 Å². The first-order valence-electron chi connectivity index (χ1n) is 7.58. The van der Waals surface area contributed by atoms with Crippen molar-refractivity contribution in [3.05, 3.63) is 22.4 Å². The summed E-state index contributed by atoms with van der Waals surface area (Å²) in [6.07, 6.45) is 10.2. The molecule has 0 radical (unpaired) electrons. The molecule has 2 heteroatoms. The molecule has 0 amide bonds. The first-order chi connectivity index (χ1) is 8.88. The van der Waals surface area contributed by atoms with Gasteiger partial charge >= 0.3 is 0 Å². The molecule has 0 aromatic carbocycles. The predicted octanol–water partition coefficient (Wildman–Crippen LogP) is 4.10. The maximum absolute atomic E-state index is 3.65. The van der Waals surface area contributed by atoms with Crippen LogP contribution in [0.4, 0.5) is 0 Å². The molecule has 1 heterocycles. The van der Waals surface area contributed by atoms with E-state index in [1.54, 1.807) is 4.88 Å². The maximum atomic E-state index is 3.65. The predicted molar refractivity (Wildman–Crippen MR) is 79.0 cm³/mol. The Morgan fingerprint density at radius 2 is 1.89 bits per heavy atom. The van der Waals surface area contributed by atoms with Crippen LogP contribution in [0.3, 0.4) is 0 Å². The second-order valence-electron chi connectivity index (χ2n) is 6.14. The van der Waals surface area contributed by atoms with Gasteiger partial charge in [-0.15, -0.1) is 11.3 Å². The van der Waals surface area contributed by atoms with Crippen LogP contribution in [0.15, 0.2) is 17.5 Å². The standard InChI is InChI=1S/C16H25NS/c1-17-15(11-14-9-4-10-18-14)16(12-5-2-6-12)13-7-3-8-13/h4,9-10,12-13,15-17H,2-3,5-8,11H2,1H3. The topological polar surface area (TPSA) is 12.0 Å². The Kier molecular flexibility index (Phi) is 4.05. The van der Waals surface area contributed by atoms with E-state index in [1.807, 2.05) is 11.3 Å². The molecule has 2 aliphatic carbocycles. The largest absolute Gasteiger partial charge is 0.316 e. The van der Waals surface area contributed by atoms with Gasteiger partial charge in [-0.1, -0.05) is 44.6 Å². The number of thiophene rings is 1. The van der Waals surface area contributed by atoms with Gasteiger partial charge in [-0.3, -0.25) is 0 Å². The second-order valence-corrected chi connectivity index (χ2v) is 7.17. The van der Waals surface area contributed by atoms with Crippen LogP contribution in [0.25, 0.3) is 0 Å². The zero-order valence-corrected chi connectivity index (χ0v) is 12.2. The highest BCUT2D eigenvalue weighted by Gasteiger charge is 2.40. The maximum Gasteiger partial charge on any atom is 0.0146 e. The van der Waals surface area contributed by atoms with Gasteiger partial charge in [-0.05, 0) is 42.7 Å². The molecule has 0 spiro atoms. The number of likely N-dealkylation sites (N-methyl/N-ethyl adjacent to an activating group) is 1. The van der Waals surface area contributed by atoms with Crippen LogP contribution >= 0.6 is 11.3 Å². The zero-order valence-electron chi connectivity index (χ0n) is 11.4. The van der Waals surface area contributed by atoms with Gasteiger partial charge in [0.15, 0.2) is 0 Å². The summed E-state index contributed by atoms with van der Waals surface area (Å²) in [5, 5.41) is 5.86. The lowest BCUT2D eigenvalue weighted by molar-refractivity contribution is 0.0625. The zero-order chi connectivity index (χ0) is 12.4. The average Bonchev–Trinajstić information content (AvgIpc) is 2.72. The quantitative estimate of drug-likeness (QED) is 0.815. The Bertz CT molecular complexity index is 337. The highest BCUT2D eigenvalue weighted by atomic mass is 32.1. The highest BCUT2D eigenvalue weighted by molar-refractivity contribution is 7.09.